The first kappa shape index (κ1) is 19.4. The third kappa shape index (κ3) is 4.01. The summed E-state index contributed by atoms with van der Waals surface area (Å²) in [6, 6.07) is 9.90. The largest absolute Gasteiger partial charge is 0.495 e. The highest BCUT2D eigenvalue weighted by Crippen LogP contribution is 2.29. The third-order valence-corrected chi connectivity index (χ3v) is 6.81. The van der Waals surface area contributed by atoms with Crippen LogP contribution in [0.3, 0.4) is 0 Å². The van der Waals surface area contributed by atoms with Crippen molar-refractivity contribution in [3.8, 4) is 11.5 Å². The lowest BCUT2D eigenvalue weighted by molar-refractivity contribution is 0.134. The molecule has 0 unspecified atom stereocenters. The normalized spacial score (nSPS) is 16.3. The molecule has 2 heterocycles. The van der Waals surface area contributed by atoms with Crippen molar-refractivity contribution in [2.75, 3.05) is 20.2 Å². The van der Waals surface area contributed by atoms with Crippen molar-refractivity contribution >= 4 is 10.0 Å². The van der Waals surface area contributed by atoms with E-state index < -0.39 is 10.0 Å². The Morgan fingerprint density at radius 2 is 1.78 bits per heavy atom. The maximum Gasteiger partial charge on any atom is 0.254 e. The number of pyridine rings is 1. The van der Waals surface area contributed by atoms with Crippen molar-refractivity contribution < 1.29 is 17.9 Å². The van der Waals surface area contributed by atoms with Gasteiger partial charge in [0.05, 0.1) is 7.11 Å². The van der Waals surface area contributed by atoms with Crippen LogP contribution < -0.4 is 15.0 Å². The van der Waals surface area contributed by atoms with Crippen LogP contribution in [0.4, 0.5) is 0 Å². The van der Waals surface area contributed by atoms with E-state index in [2.05, 4.69) is 0 Å². The lowest BCUT2D eigenvalue weighted by Gasteiger charge is -2.31. The molecule has 3 rings (SSSR count). The number of methoxy groups -OCH3 is 1. The SMILES string of the molecule is COc1ccccc1S(=O)(=O)N1CCC(Oc2cc(C)n(C)c(=O)c2)CC1. The molecule has 0 aliphatic carbocycles. The van der Waals surface area contributed by atoms with E-state index in [1.54, 1.807) is 35.9 Å². The predicted octanol–water partition coefficient (Wildman–Crippen LogP) is 1.93. The molecule has 1 aromatic heterocycles. The van der Waals surface area contributed by atoms with Crippen LogP contribution in [-0.2, 0) is 17.1 Å². The van der Waals surface area contributed by atoms with E-state index in [1.165, 1.54) is 17.5 Å². The van der Waals surface area contributed by atoms with Crippen LogP contribution in [0, 0.1) is 6.92 Å². The first-order valence-electron chi connectivity index (χ1n) is 8.80. The van der Waals surface area contributed by atoms with Crippen molar-refractivity contribution in [1.82, 2.24) is 8.87 Å². The lowest BCUT2D eigenvalue weighted by atomic mass is 10.1. The molecule has 0 bridgehead atoms. The van der Waals surface area contributed by atoms with Gasteiger partial charge in [-0.1, -0.05) is 12.1 Å². The van der Waals surface area contributed by atoms with Crippen LogP contribution >= 0.6 is 0 Å². The fourth-order valence-electron chi connectivity index (χ4n) is 3.16. The Bertz CT molecular complexity index is 976. The summed E-state index contributed by atoms with van der Waals surface area (Å²) >= 11 is 0. The zero-order valence-electron chi connectivity index (χ0n) is 15.7. The number of hydrogen-bond acceptors (Lipinski definition) is 5. The van der Waals surface area contributed by atoms with Gasteiger partial charge in [0, 0.05) is 31.9 Å². The molecule has 1 saturated heterocycles. The Labute approximate surface area is 159 Å². The van der Waals surface area contributed by atoms with Gasteiger partial charge in [-0.2, -0.15) is 4.31 Å². The topological polar surface area (TPSA) is 77.8 Å². The van der Waals surface area contributed by atoms with Gasteiger partial charge in [0.25, 0.3) is 5.56 Å². The summed E-state index contributed by atoms with van der Waals surface area (Å²) in [6.45, 7) is 2.56. The average molecular weight is 392 g/mol. The summed E-state index contributed by atoms with van der Waals surface area (Å²) in [6.07, 6.45) is 0.992. The van der Waals surface area contributed by atoms with Crippen molar-refractivity contribution in [3.05, 3.63) is 52.4 Å². The molecule has 0 saturated carbocycles. The minimum Gasteiger partial charge on any atom is -0.495 e. The van der Waals surface area contributed by atoms with E-state index in [1.807, 2.05) is 13.0 Å². The summed E-state index contributed by atoms with van der Waals surface area (Å²) in [4.78, 5) is 12.1. The molecular formula is C19H24N2O5S. The van der Waals surface area contributed by atoms with Crippen LogP contribution in [0.15, 0.2) is 46.1 Å². The molecule has 8 heteroatoms. The van der Waals surface area contributed by atoms with Gasteiger partial charge >= 0.3 is 0 Å². The number of nitrogens with zero attached hydrogens (tertiary/aromatic N) is 2. The van der Waals surface area contributed by atoms with E-state index in [9.17, 15) is 13.2 Å². The number of sulfonamides is 1. The van der Waals surface area contributed by atoms with E-state index in [0.717, 1.165) is 5.69 Å². The minimum atomic E-state index is -3.62. The summed E-state index contributed by atoms with van der Waals surface area (Å²) in [5.74, 6) is 0.869. The highest BCUT2D eigenvalue weighted by Gasteiger charge is 2.32. The molecule has 7 nitrogen and oxygen atoms in total. The number of ether oxygens (including phenoxy) is 2. The molecule has 1 aliphatic rings. The minimum absolute atomic E-state index is 0.124. The van der Waals surface area contributed by atoms with Gasteiger partial charge in [0.1, 0.15) is 22.5 Å². The second-order valence-electron chi connectivity index (χ2n) is 6.60. The molecule has 0 amide bonds. The van der Waals surface area contributed by atoms with Gasteiger partial charge < -0.3 is 14.0 Å². The van der Waals surface area contributed by atoms with Crippen molar-refractivity contribution in [2.45, 2.75) is 30.8 Å². The van der Waals surface area contributed by atoms with E-state index in [0.29, 0.717) is 37.4 Å². The van der Waals surface area contributed by atoms with Gasteiger partial charge in [0.15, 0.2) is 0 Å². The van der Waals surface area contributed by atoms with Crippen molar-refractivity contribution in [2.24, 2.45) is 7.05 Å². The number of piperidine rings is 1. The number of aryl methyl sites for hydroxylation is 1. The maximum atomic E-state index is 12.9. The van der Waals surface area contributed by atoms with Gasteiger partial charge in [0.2, 0.25) is 10.0 Å². The molecule has 0 atom stereocenters. The highest BCUT2D eigenvalue weighted by molar-refractivity contribution is 7.89. The van der Waals surface area contributed by atoms with Crippen LogP contribution in [0.1, 0.15) is 18.5 Å². The zero-order chi connectivity index (χ0) is 19.6. The van der Waals surface area contributed by atoms with Crippen LogP contribution in [0.25, 0.3) is 0 Å². The van der Waals surface area contributed by atoms with Crippen LogP contribution in [0.2, 0.25) is 0 Å². The van der Waals surface area contributed by atoms with Gasteiger partial charge in [-0.3, -0.25) is 4.79 Å². The Kier molecular flexibility index (Phi) is 5.57. The van der Waals surface area contributed by atoms with E-state index >= 15 is 0 Å². The molecule has 1 aromatic carbocycles. The Hall–Kier alpha value is -2.32. The monoisotopic (exact) mass is 392 g/mol. The molecule has 1 fully saturated rings. The Balaban J connectivity index is 1.69. The Morgan fingerprint density at radius 1 is 1.11 bits per heavy atom. The average Bonchev–Trinajstić information content (AvgIpc) is 2.66. The number of para-hydroxylation sites is 1. The molecular weight excluding hydrogens is 368 g/mol. The Morgan fingerprint density at radius 3 is 2.41 bits per heavy atom. The third-order valence-electron chi connectivity index (χ3n) is 4.87. The second kappa shape index (κ2) is 7.74. The summed E-state index contributed by atoms with van der Waals surface area (Å²) in [5, 5.41) is 0. The van der Waals surface area contributed by atoms with E-state index in [4.69, 9.17) is 9.47 Å². The molecule has 0 radical (unpaired) electrons. The lowest BCUT2D eigenvalue weighted by Crippen LogP contribution is -2.41. The first-order valence-corrected chi connectivity index (χ1v) is 10.2. The standard InChI is InChI=1S/C19H24N2O5S/c1-14-12-16(13-19(22)20(14)2)26-15-8-10-21(11-9-15)27(23,24)18-7-5-4-6-17(18)25-3/h4-7,12-13,15H,8-11H2,1-3H3. The second-order valence-corrected chi connectivity index (χ2v) is 8.51. The summed E-state index contributed by atoms with van der Waals surface area (Å²) < 4.78 is 40.0. The van der Waals surface area contributed by atoms with Crippen molar-refractivity contribution in [3.63, 3.8) is 0 Å². The smallest absolute Gasteiger partial charge is 0.254 e. The molecule has 0 N–H and O–H groups in total. The summed E-state index contributed by atoms with van der Waals surface area (Å²) in [5.41, 5.74) is 0.690. The summed E-state index contributed by atoms with van der Waals surface area (Å²) in [7, 11) is -0.451. The zero-order valence-corrected chi connectivity index (χ0v) is 16.5. The number of rotatable bonds is 5. The number of aromatic nitrogens is 1. The predicted molar refractivity (Wildman–Crippen MR) is 102 cm³/mol. The van der Waals surface area contributed by atoms with Crippen molar-refractivity contribution in [1.29, 1.82) is 0 Å². The molecule has 146 valence electrons. The fraction of sp³-hybridized carbons (Fsp3) is 0.421. The van der Waals surface area contributed by atoms with Gasteiger partial charge in [-0.05, 0) is 38.0 Å². The van der Waals surface area contributed by atoms with E-state index in [-0.39, 0.29) is 16.6 Å². The number of hydrogen-bond donors (Lipinski definition) is 0. The van der Waals surface area contributed by atoms with Crippen LogP contribution in [0.5, 0.6) is 11.5 Å². The maximum absolute atomic E-state index is 12.9. The fourth-order valence-corrected chi connectivity index (χ4v) is 4.78. The quantitative estimate of drug-likeness (QED) is 0.777. The van der Waals surface area contributed by atoms with Gasteiger partial charge in [-0.25, -0.2) is 8.42 Å². The molecule has 2 aromatic rings. The first-order chi connectivity index (χ1) is 12.8. The van der Waals surface area contributed by atoms with Crippen LogP contribution in [-0.4, -0.2) is 43.6 Å². The number of benzene rings is 1. The van der Waals surface area contributed by atoms with Gasteiger partial charge in [-0.15, -0.1) is 0 Å². The molecule has 1 aliphatic heterocycles. The highest BCUT2D eigenvalue weighted by atomic mass is 32.2. The molecule has 0 spiro atoms. The molecule has 27 heavy (non-hydrogen) atoms.